The van der Waals surface area contributed by atoms with Crippen molar-refractivity contribution in [3.63, 3.8) is 0 Å². The molecule has 0 bridgehead atoms. The minimum Gasteiger partial charge on any atom is -0.317 e. The lowest BCUT2D eigenvalue weighted by molar-refractivity contribution is 0.288. The first-order valence-electron chi connectivity index (χ1n) is 5.70. The van der Waals surface area contributed by atoms with Gasteiger partial charge in [0.05, 0.1) is 0 Å². The standard InChI is InChI=1S/C10H23N3O2S/c1-10(2,3)12-16(14,15)13(4)9-5-7-11-8-6-9/h9,11-12H,5-8H2,1-4H3. The summed E-state index contributed by atoms with van der Waals surface area (Å²) in [7, 11) is -1.71. The van der Waals surface area contributed by atoms with Crippen molar-refractivity contribution in [3.05, 3.63) is 0 Å². The van der Waals surface area contributed by atoms with Crippen molar-refractivity contribution in [1.29, 1.82) is 0 Å². The molecule has 1 aliphatic rings. The average Bonchev–Trinajstić information content (AvgIpc) is 2.14. The first-order chi connectivity index (χ1) is 7.22. The fourth-order valence-electron chi connectivity index (χ4n) is 1.83. The molecular formula is C10H23N3O2S. The third-order valence-corrected chi connectivity index (χ3v) is 4.56. The summed E-state index contributed by atoms with van der Waals surface area (Å²) in [5.41, 5.74) is -0.431. The molecule has 0 aliphatic carbocycles. The van der Waals surface area contributed by atoms with Crippen LogP contribution in [-0.2, 0) is 10.2 Å². The SMILES string of the molecule is CN(C1CCNCC1)S(=O)(=O)NC(C)(C)C. The quantitative estimate of drug-likeness (QED) is 0.756. The fourth-order valence-corrected chi connectivity index (χ4v) is 3.35. The van der Waals surface area contributed by atoms with Crippen molar-refractivity contribution in [2.45, 2.75) is 45.2 Å². The molecule has 1 heterocycles. The van der Waals surface area contributed by atoms with Crippen molar-refractivity contribution in [3.8, 4) is 0 Å². The van der Waals surface area contributed by atoms with Gasteiger partial charge in [0.1, 0.15) is 0 Å². The van der Waals surface area contributed by atoms with E-state index in [9.17, 15) is 8.42 Å². The summed E-state index contributed by atoms with van der Waals surface area (Å²) in [4.78, 5) is 0. The minimum atomic E-state index is -3.36. The van der Waals surface area contributed by atoms with E-state index in [1.807, 2.05) is 20.8 Å². The highest BCUT2D eigenvalue weighted by Gasteiger charge is 2.30. The lowest BCUT2D eigenvalue weighted by atomic mass is 10.1. The van der Waals surface area contributed by atoms with Crippen LogP contribution in [0.3, 0.4) is 0 Å². The maximum atomic E-state index is 12.0. The molecule has 0 aromatic heterocycles. The summed E-state index contributed by atoms with van der Waals surface area (Å²) in [5.74, 6) is 0. The monoisotopic (exact) mass is 249 g/mol. The first-order valence-corrected chi connectivity index (χ1v) is 7.14. The van der Waals surface area contributed by atoms with Gasteiger partial charge in [0.25, 0.3) is 10.2 Å². The van der Waals surface area contributed by atoms with E-state index in [1.165, 1.54) is 4.31 Å². The first kappa shape index (κ1) is 13.9. The van der Waals surface area contributed by atoms with Crippen LogP contribution in [-0.4, -0.2) is 44.4 Å². The Labute approximate surface area is 98.8 Å². The third-order valence-electron chi connectivity index (χ3n) is 2.64. The van der Waals surface area contributed by atoms with Crippen LogP contribution in [0, 0.1) is 0 Å². The molecule has 1 fully saturated rings. The molecule has 0 amide bonds. The van der Waals surface area contributed by atoms with Crippen LogP contribution in [0.1, 0.15) is 33.6 Å². The van der Waals surface area contributed by atoms with Gasteiger partial charge in [0.2, 0.25) is 0 Å². The second-order valence-corrected chi connectivity index (χ2v) is 7.08. The molecular weight excluding hydrogens is 226 g/mol. The van der Waals surface area contributed by atoms with Crippen molar-refractivity contribution < 1.29 is 8.42 Å². The average molecular weight is 249 g/mol. The highest BCUT2D eigenvalue weighted by Crippen LogP contribution is 2.14. The van der Waals surface area contributed by atoms with Gasteiger partial charge < -0.3 is 5.32 Å². The van der Waals surface area contributed by atoms with Gasteiger partial charge in [-0.25, -0.2) is 0 Å². The second-order valence-electron chi connectivity index (χ2n) is 5.35. The van der Waals surface area contributed by atoms with Crippen LogP contribution in [0.15, 0.2) is 0 Å². The van der Waals surface area contributed by atoms with E-state index in [1.54, 1.807) is 7.05 Å². The summed E-state index contributed by atoms with van der Waals surface area (Å²) >= 11 is 0. The summed E-state index contributed by atoms with van der Waals surface area (Å²) < 4.78 is 28.2. The maximum Gasteiger partial charge on any atom is 0.279 e. The van der Waals surface area contributed by atoms with Crippen molar-refractivity contribution >= 4 is 10.2 Å². The van der Waals surface area contributed by atoms with Gasteiger partial charge in [-0.3, -0.25) is 0 Å². The Morgan fingerprint density at radius 1 is 1.25 bits per heavy atom. The number of nitrogens with zero attached hydrogens (tertiary/aromatic N) is 1. The Hall–Kier alpha value is -0.170. The molecule has 0 saturated carbocycles. The van der Waals surface area contributed by atoms with Gasteiger partial charge in [-0.15, -0.1) is 0 Å². The van der Waals surface area contributed by atoms with Gasteiger partial charge in [-0.2, -0.15) is 17.4 Å². The normalized spacial score (nSPS) is 20.3. The van der Waals surface area contributed by atoms with Crippen molar-refractivity contribution in [2.24, 2.45) is 0 Å². The van der Waals surface area contributed by atoms with Crippen molar-refractivity contribution in [1.82, 2.24) is 14.3 Å². The fraction of sp³-hybridized carbons (Fsp3) is 1.00. The van der Waals surface area contributed by atoms with E-state index in [4.69, 9.17) is 0 Å². The summed E-state index contributed by atoms with van der Waals surface area (Å²) in [6.07, 6.45) is 1.75. The Kier molecular flexibility index (Phi) is 4.34. The largest absolute Gasteiger partial charge is 0.317 e. The van der Waals surface area contributed by atoms with E-state index in [0.717, 1.165) is 25.9 Å². The smallest absolute Gasteiger partial charge is 0.279 e. The molecule has 0 unspecified atom stereocenters. The summed E-state index contributed by atoms with van der Waals surface area (Å²) in [6.45, 7) is 7.32. The molecule has 5 nitrogen and oxygen atoms in total. The Morgan fingerprint density at radius 3 is 2.19 bits per heavy atom. The van der Waals surface area contributed by atoms with Crippen LogP contribution in [0.2, 0.25) is 0 Å². The Balaban J connectivity index is 2.67. The molecule has 2 N–H and O–H groups in total. The van der Waals surface area contributed by atoms with E-state index in [-0.39, 0.29) is 6.04 Å². The number of hydrogen-bond donors (Lipinski definition) is 2. The zero-order valence-corrected chi connectivity index (χ0v) is 11.4. The highest BCUT2D eigenvalue weighted by atomic mass is 32.2. The third kappa shape index (κ3) is 4.01. The van der Waals surface area contributed by atoms with Gasteiger partial charge in [0, 0.05) is 18.6 Å². The lowest BCUT2D eigenvalue weighted by Crippen LogP contribution is -2.52. The summed E-state index contributed by atoms with van der Waals surface area (Å²) in [6, 6.07) is 0.112. The molecule has 0 radical (unpaired) electrons. The zero-order chi connectivity index (χ0) is 12.4. The van der Waals surface area contributed by atoms with Gasteiger partial charge in [0.15, 0.2) is 0 Å². The predicted molar refractivity (Wildman–Crippen MR) is 65.5 cm³/mol. The molecule has 1 aliphatic heterocycles. The topological polar surface area (TPSA) is 61.4 Å². The predicted octanol–water partition coefficient (Wildman–Crippen LogP) is 0.303. The number of hydrogen-bond acceptors (Lipinski definition) is 3. The maximum absolute atomic E-state index is 12.0. The molecule has 0 aromatic carbocycles. The number of nitrogens with one attached hydrogen (secondary N) is 2. The molecule has 96 valence electrons. The lowest BCUT2D eigenvalue weighted by Gasteiger charge is -2.33. The number of rotatable bonds is 3. The van der Waals surface area contributed by atoms with E-state index >= 15 is 0 Å². The molecule has 0 atom stereocenters. The van der Waals surface area contributed by atoms with Crippen LogP contribution >= 0.6 is 0 Å². The van der Waals surface area contributed by atoms with E-state index in [0.29, 0.717) is 0 Å². The molecule has 0 spiro atoms. The zero-order valence-electron chi connectivity index (χ0n) is 10.6. The summed E-state index contributed by atoms with van der Waals surface area (Å²) in [5, 5.41) is 3.23. The van der Waals surface area contributed by atoms with Crippen LogP contribution < -0.4 is 10.0 Å². The Bertz CT molecular complexity index is 315. The molecule has 1 saturated heterocycles. The van der Waals surface area contributed by atoms with Crippen LogP contribution in [0.5, 0.6) is 0 Å². The van der Waals surface area contributed by atoms with Gasteiger partial charge in [-0.05, 0) is 46.7 Å². The molecule has 1 rings (SSSR count). The van der Waals surface area contributed by atoms with E-state index < -0.39 is 15.7 Å². The Morgan fingerprint density at radius 2 is 1.75 bits per heavy atom. The highest BCUT2D eigenvalue weighted by molar-refractivity contribution is 7.87. The number of piperidine rings is 1. The van der Waals surface area contributed by atoms with E-state index in [2.05, 4.69) is 10.0 Å². The molecule has 0 aromatic rings. The van der Waals surface area contributed by atoms with Gasteiger partial charge in [-0.1, -0.05) is 0 Å². The second kappa shape index (κ2) is 5.00. The van der Waals surface area contributed by atoms with Crippen molar-refractivity contribution in [2.75, 3.05) is 20.1 Å². The molecule has 16 heavy (non-hydrogen) atoms. The van der Waals surface area contributed by atoms with Gasteiger partial charge >= 0.3 is 0 Å². The van der Waals surface area contributed by atoms with Crippen LogP contribution in [0.4, 0.5) is 0 Å². The molecule has 6 heteroatoms. The minimum absolute atomic E-state index is 0.112. The van der Waals surface area contributed by atoms with Crippen LogP contribution in [0.25, 0.3) is 0 Å².